The number of carboxylic acid groups (broad SMARTS) is 1. The maximum atomic E-state index is 10.6. The molecular formula is C11H15O2. The molecule has 1 N–H and O–H groups in total. The molecule has 13 heavy (non-hydrogen) atoms. The number of fused-ring (bicyclic) bond motifs is 2. The number of rotatable bonds is 2. The minimum atomic E-state index is -0.782. The molecule has 0 aromatic heterocycles. The summed E-state index contributed by atoms with van der Waals surface area (Å²) in [5, 5.41) is 8.73. The molecule has 2 bridgehead atoms. The van der Waals surface area contributed by atoms with E-state index in [2.05, 4.69) is 0 Å². The molecule has 2 saturated carbocycles. The predicted molar refractivity (Wildman–Crippen MR) is 50.1 cm³/mol. The summed E-state index contributed by atoms with van der Waals surface area (Å²) in [7, 11) is 0. The third-order valence-corrected chi connectivity index (χ3v) is 3.33. The van der Waals surface area contributed by atoms with Crippen molar-refractivity contribution in [1.82, 2.24) is 0 Å². The Labute approximate surface area is 78.6 Å². The van der Waals surface area contributed by atoms with Crippen LogP contribution in [0.25, 0.3) is 0 Å². The van der Waals surface area contributed by atoms with Gasteiger partial charge in [0.15, 0.2) is 0 Å². The maximum absolute atomic E-state index is 10.6. The summed E-state index contributed by atoms with van der Waals surface area (Å²) in [5.74, 6) is 2.17. The van der Waals surface area contributed by atoms with Gasteiger partial charge in [0, 0.05) is 11.5 Å². The topological polar surface area (TPSA) is 37.3 Å². The van der Waals surface area contributed by atoms with Gasteiger partial charge in [0.05, 0.1) is 0 Å². The molecule has 1 radical (unpaired) electrons. The summed E-state index contributed by atoms with van der Waals surface area (Å²) in [5.41, 5.74) is 0.488. The van der Waals surface area contributed by atoms with Gasteiger partial charge < -0.3 is 5.11 Å². The van der Waals surface area contributed by atoms with E-state index in [0.29, 0.717) is 11.5 Å². The first-order valence-electron chi connectivity index (χ1n) is 4.94. The second-order valence-corrected chi connectivity index (χ2v) is 4.29. The van der Waals surface area contributed by atoms with Crippen LogP contribution in [-0.4, -0.2) is 11.1 Å². The molecule has 2 heteroatoms. The molecule has 0 aromatic rings. The number of allylic oxidation sites excluding steroid dienone is 1. The molecule has 2 atom stereocenters. The van der Waals surface area contributed by atoms with Crippen LogP contribution in [0.15, 0.2) is 11.6 Å². The van der Waals surface area contributed by atoms with Crippen LogP contribution < -0.4 is 0 Å². The van der Waals surface area contributed by atoms with Crippen LogP contribution in [-0.2, 0) is 4.79 Å². The summed E-state index contributed by atoms with van der Waals surface area (Å²) < 4.78 is 0. The van der Waals surface area contributed by atoms with Crippen molar-refractivity contribution in [2.75, 3.05) is 0 Å². The Morgan fingerprint density at radius 1 is 1.54 bits per heavy atom. The molecule has 0 heterocycles. The fourth-order valence-corrected chi connectivity index (χ4v) is 2.61. The van der Waals surface area contributed by atoms with Gasteiger partial charge in [-0.2, -0.15) is 0 Å². The lowest BCUT2D eigenvalue weighted by Gasteiger charge is -2.17. The molecule has 0 aliphatic heterocycles. The molecule has 2 nitrogen and oxygen atoms in total. The van der Waals surface area contributed by atoms with Crippen LogP contribution in [0.2, 0.25) is 0 Å². The van der Waals surface area contributed by atoms with Crippen molar-refractivity contribution < 1.29 is 9.90 Å². The Morgan fingerprint density at radius 3 is 2.77 bits per heavy atom. The molecule has 2 aliphatic rings. The summed E-state index contributed by atoms with van der Waals surface area (Å²) in [6.45, 7) is 1.68. The lowest BCUT2D eigenvalue weighted by atomic mass is 9.87. The average molecular weight is 179 g/mol. The average Bonchev–Trinajstić information content (AvgIpc) is 2.64. The van der Waals surface area contributed by atoms with E-state index in [4.69, 9.17) is 5.11 Å². The second-order valence-electron chi connectivity index (χ2n) is 4.29. The molecule has 0 spiro atoms. The van der Waals surface area contributed by atoms with Crippen LogP contribution in [0.3, 0.4) is 0 Å². The molecule has 2 rings (SSSR count). The molecular weight excluding hydrogens is 164 g/mol. The summed E-state index contributed by atoms with van der Waals surface area (Å²) in [6.07, 6.45) is 6.98. The van der Waals surface area contributed by atoms with Crippen LogP contribution in [0.1, 0.15) is 32.6 Å². The lowest BCUT2D eigenvalue weighted by Crippen LogP contribution is -2.07. The first kappa shape index (κ1) is 8.79. The van der Waals surface area contributed by atoms with Gasteiger partial charge in [0.1, 0.15) is 0 Å². The lowest BCUT2D eigenvalue weighted by molar-refractivity contribution is -0.132. The number of hydrogen-bond donors (Lipinski definition) is 1. The molecule has 2 aliphatic carbocycles. The van der Waals surface area contributed by atoms with E-state index in [1.54, 1.807) is 6.92 Å². The third kappa shape index (κ3) is 1.62. The number of aliphatic carboxylic acids is 1. The van der Waals surface area contributed by atoms with E-state index in [9.17, 15) is 4.79 Å². The zero-order valence-corrected chi connectivity index (χ0v) is 7.92. The van der Waals surface area contributed by atoms with Gasteiger partial charge in [-0.1, -0.05) is 12.5 Å². The Kier molecular flexibility index (Phi) is 2.14. The van der Waals surface area contributed by atoms with E-state index < -0.39 is 5.97 Å². The minimum Gasteiger partial charge on any atom is -0.478 e. The highest BCUT2D eigenvalue weighted by Crippen LogP contribution is 2.50. The van der Waals surface area contributed by atoms with Crippen molar-refractivity contribution in [2.45, 2.75) is 32.6 Å². The minimum absolute atomic E-state index is 0.488. The van der Waals surface area contributed by atoms with Gasteiger partial charge in [0.2, 0.25) is 0 Å². The Bertz CT molecular complexity index is 255. The van der Waals surface area contributed by atoms with Crippen molar-refractivity contribution in [3.05, 3.63) is 17.6 Å². The monoisotopic (exact) mass is 179 g/mol. The van der Waals surface area contributed by atoms with Gasteiger partial charge in [-0.05, 0) is 38.0 Å². The van der Waals surface area contributed by atoms with Gasteiger partial charge in [-0.15, -0.1) is 0 Å². The van der Waals surface area contributed by atoms with E-state index >= 15 is 0 Å². The maximum Gasteiger partial charge on any atom is 0.330 e. The van der Waals surface area contributed by atoms with Crippen molar-refractivity contribution in [3.8, 4) is 0 Å². The first-order valence-corrected chi connectivity index (χ1v) is 4.94. The van der Waals surface area contributed by atoms with Crippen LogP contribution in [0.5, 0.6) is 0 Å². The SMILES string of the molecule is CC(=C[C]1CC2CCC1C2)C(=O)O. The van der Waals surface area contributed by atoms with Crippen molar-refractivity contribution in [1.29, 1.82) is 0 Å². The van der Waals surface area contributed by atoms with Crippen LogP contribution in [0.4, 0.5) is 0 Å². The number of carbonyl (C=O) groups is 1. The smallest absolute Gasteiger partial charge is 0.330 e. The third-order valence-electron chi connectivity index (χ3n) is 3.33. The van der Waals surface area contributed by atoms with E-state index in [1.165, 1.54) is 25.2 Å². The molecule has 0 amide bonds. The number of hydrogen-bond acceptors (Lipinski definition) is 1. The summed E-state index contributed by atoms with van der Waals surface area (Å²) >= 11 is 0. The van der Waals surface area contributed by atoms with Gasteiger partial charge >= 0.3 is 5.97 Å². The predicted octanol–water partition coefficient (Wildman–Crippen LogP) is 2.41. The summed E-state index contributed by atoms with van der Waals surface area (Å²) in [4.78, 5) is 10.6. The highest BCUT2D eigenvalue weighted by atomic mass is 16.4. The van der Waals surface area contributed by atoms with Crippen LogP contribution in [0, 0.1) is 17.8 Å². The second kappa shape index (κ2) is 3.17. The zero-order valence-electron chi connectivity index (χ0n) is 7.92. The van der Waals surface area contributed by atoms with E-state index in [1.807, 2.05) is 6.08 Å². The van der Waals surface area contributed by atoms with Crippen molar-refractivity contribution in [3.63, 3.8) is 0 Å². The van der Waals surface area contributed by atoms with Crippen molar-refractivity contribution >= 4 is 5.97 Å². The summed E-state index contributed by atoms with van der Waals surface area (Å²) in [6, 6.07) is 0. The Morgan fingerprint density at radius 2 is 2.31 bits per heavy atom. The fraction of sp³-hybridized carbons (Fsp3) is 0.636. The first-order chi connectivity index (χ1) is 6.16. The normalized spacial score (nSPS) is 34.1. The highest BCUT2D eigenvalue weighted by Gasteiger charge is 2.38. The zero-order chi connectivity index (χ0) is 9.42. The van der Waals surface area contributed by atoms with Gasteiger partial charge in [-0.25, -0.2) is 4.79 Å². The van der Waals surface area contributed by atoms with E-state index in [-0.39, 0.29) is 0 Å². The molecule has 0 aromatic carbocycles. The molecule has 71 valence electrons. The largest absolute Gasteiger partial charge is 0.478 e. The number of carboxylic acids is 1. The fourth-order valence-electron chi connectivity index (χ4n) is 2.61. The quantitative estimate of drug-likeness (QED) is 0.661. The molecule has 0 saturated heterocycles. The Hall–Kier alpha value is -0.790. The molecule has 2 fully saturated rings. The Balaban J connectivity index is 2.03. The van der Waals surface area contributed by atoms with E-state index in [0.717, 1.165) is 12.3 Å². The standard InChI is InChI=1S/C11H15O2/c1-7(11(12)13)4-10-6-8-2-3-9(10)5-8/h4,8-9H,2-3,5-6H2,1H3,(H,12,13). The van der Waals surface area contributed by atoms with Crippen LogP contribution >= 0.6 is 0 Å². The molecule has 2 unspecified atom stereocenters. The highest BCUT2D eigenvalue weighted by molar-refractivity contribution is 5.86. The van der Waals surface area contributed by atoms with Gasteiger partial charge in [-0.3, -0.25) is 0 Å². The van der Waals surface area contributed by atoms with Crippen molar-refractivity contribution in [2.24, 2.45) is 11.8 Å². The van der Waals surface area contributed by atoms with Gasteiger partial charge in [0.25, 0.3) is 0 Å².